The lowest BCUT2D eigenvalue weighted by Gasteiger charge is -2.18. The molecule has 6 nitrogen and oxygen atoms in total. The number of sulfonamides is 1. The minimum atomic E-state index is -3.50. The number of ether oxygens (including phenoxy) is 1. The van der Waals surface area contributed by atoms with Crippen LogP contribution >= 0.6 is 28.3 Å². The van der Waals surface area contributed by atoms with Crippen LogP contribution in [0.4, 0.5) is 5.69 Å². The van der Waals surface area contributed by atoms with Crippen molar-refractivity contribution in [1.29, 1.82) is 0 Å². The number of rotatable bonds is 10. The van der Waals surface area contributed by atoms with Crippen LogP contribution in [0, 0.1) is 0 Å². The predicted molar refractivity (Wildman–Crippen MR) is 157 cm³/mol. The zero-order valence-electron chi connectivity index (χ0n) is 21.2. The summed E-state index contributed by atoms with van der Waals surface area (Å²) >= 11 is 1.56. The predicted octanol–water partition coefficient (Wildman–Crippen LogP) is 6.50. The maximum absolute atomic E-state index is 12.9. The molecule has 9 heteroatoms. The molecule has 4 rings (SSSR count). The van der Waals surface area contributed by atoms with Crippen LogP contribution in [0.15, 0.2) is 94.1 Å². The van der Waals surface area contributed by atoms with Gasteiger partial charge in [0.05, 0.1) is 29.4 Å². The van der Waals surface area contributed by atoms with Gasteiger partial charge in [0.25, 0.3) is 0 Å². The molecule has 0 unspecified atom stereocenters. The van der Waals surface area contributed by atoms with E-state index < -0.39 is 10.0 Å². The summed E-state index contributed by atoms with van der Waals surface area (Å²) in [7, 11) is -3.50. The summed E-state index contributed by atoms with van der Waals surface area (Å²) in [6, 6.07) is 25.1. The van der Waals surface area contributed by atoms with Crippen LogP contribution in [0.5, 0.6) is 5.75 Å². The van der Waals surface area contributed by atoms with E-state index in [2.05, 4.69) is 22.1 Å². The highest BCUT2D eigenvalue weighted by Crippen LogP contribution is 2.25. The molecule has 1 aromatic heterocycles. The first-order valence-electron chi connectivity index (χ1n) is 12.1. The van der Waals surface area contributed by atoms with E-state index in [1.807, 2.05) is 75.4 Å². The first-order valence-corrected chi connectivity index (χ1v) is 14.4. The second-order valence-corrected chi connectivity index (χ2v) is 10.9. The van der Waals surface area contributed by atoms with E-state index in [1.54, 1.807) is 23.5 Å². The zero-order valence-corrected chi connectivity index (χ0v) is 24.5. The van der Waals surface area contributed by atoms with E-state index in [9.17, 15) is 8.42 Å². The zero-order chi connectivity index (χ0) is 25.5. The maximum Gasteiger partial charge on any atom is 0.243 e. The fourth-order valence-corrected chi connectivity index (χ4v) is 6.36. The van der Waals surface area contributed by atoms with Gasteiger partial charge in [-0.1, -0.05) is 56.3 Å². The molecule has 0 radical (unpaired) electrons. The molecule has 0 aliphatic heterocycles. The van der Waals surface area contributed by atoms with Crippen molar-refractivity contribution >= 4 is 44.0 Å². The lowest BCUT2D eigenvalue weighted by atomic mass is 10.1. The average Bonchev–Trinajstić information content (AvgIpc) is 3.28. The lowest BCUT2D eigenvalue weighted by molar-refractivity contribution is 0.340. The van der Waals surface area contributed by atoms with Gasteiger partial charge < -0.3 is 9.30 Å². The molecule has 0 bridgehead atoms. The maximum atomic E-state index is 12.9. The number of nitrogens with zero attached hydrogens (tertiary/aromatic N) is 3. The smallest absolute Gasteiger partial charge is 0.243 e. The second kappa shape index (κ2) is 13.2. The van der Waals surface area contributed by atoms with Crippen molar-refractivity contribution in [3.05, 3.63) is 94.6 Å². The summed E-state index contributed by atoms with van der Waals surface area (Å²) in [5.74, 6) is 0.820. The number of benzene rings is 3. The van der Waals surface area contributed by atoms with E-state index >= 15 is 0 Å². The van der Waals surface area contributed by atoms with Crippen LogP contribution < -0.4 is 9.54 Å². The highest BCUT2D eigenvalue weighted by Gasteiger charge is 2.21. The molecule has 0 amide bonds. The lowest BCUT2D eigenvalue weighted by Crippen LogP contribution is -2.30. The molecule has 0 saturated carbocycles. The molecule has 1 heterocycles. The minimum Gasteiger partial charge on any atom is -0.494 e. The summed E-state index contributed by atoms with van der Waals surface area (Å²) in [4.78, 5) is 6.07. The number of halogens is 1. The van der Waals surface area contributed by atoms with Crippen LogP contribution in [0.25, 0.3) is 11.3 Å². The van der Waals surface area contributed by atoms with Crippen molar-refractivity contribution in [3.8, 4) is 17.0 Å². The summed E-state index contributed by atoms with van der Waals surface area (Å²) in [6.07, 6.45) is 0. The Kier molecular flexibility index (Phi) is 10.3. The Balaban J connectivity index is 0.00000380. The fourth-order valence-electron chi connectivity index (χ4n) is 3.97. The van der Waals surface area contributed by atoms with E-state index in [-0.39, 0.29) is 17.0 Å². The third-order valence-corrected chi connectivity index (χ3v) is 8.77. The molecule has 4 aromatic rings. The van der Waals surface area contributed by atoms with Crippen molar-refractivity contribution in [2.45, 2.75) is 32.2 Å². The highest BCUT2D eigenvalue weighted by molar-refractivity contribution is 8.93. The van der Waals surface area contributed by atoms with Crippen molar-refractivity contribution in [2.24, 2.45) is 4.99 Å². The van der Waals surface area contributed by atoms with Gasteiger partial charge in [0.15, 0.2) is 4.80 Å². The van der Waals surface area contributed by atoms with Crippen molar-refractivity contribution < 1.29 is 13.2 Å². The Morgan fingerprint density at radius 2 is 1.54 bits per heavy atom. The van der Waals surface area contributed by atoms with Crippen LogP contribution in [0.1, 0.15) is 26.3 Å². The third kappa shape index (κ3) is 6.78. The van der Waals surface area contributed by atoms with Gasteiger partial charge in [-0.15, -0.1) is 28.3 Å². The van der Waals surface area contributed by atoms with Crippen molar-refractivity contribution in [1.82, 2.24) is 8.87 Å². The van der Waals surface area contributed by atoms with Gasteiger partial charge in [0.2, 0.25) is 10.0 Å². The monoisotopic (exact) mass is 601 g/mol. The summed E-state index contributed by atoms with van der Waals surface area (Å²) in [5.41, 5.74) is 3.93. The molecule has 196 valence electrons. The van der Waals surface area contributed by atoms with Crippen LogP contribution in [-0.2, 0) is 16.6 Å². The van der Waals surface area contributed by atoms with E-state index in [0.717, 1.165) is 33.1 Å². The summed E-state index contributed by atoms with van der Waals surface area (Å²) in [6.45, 7) is 7.82. The van der Waals surface area contributed by atoms with Gasteiger partial charge in [-0.05, 0) is 54.4 Å². The summed E-state index contributed by atoms with van der Waals surface area (Å²) in [5, 5.41) is 2.07. The van der Waals surface area contributed by atoms with Crippen LogP contribution in [0.3, 0.4) is 0 Å². The largest absolute Gasteiger partial charge is 0.494 e. The van der Waals surface area contributed by atoms with E-state index in [4.69, 9.17) is 9.73 Å². The Morgan fingerprint density at radius 3 is 2.14 bits per heavy atom. The molecule has 37 heavy (non-hydrogen) atoms. The molecule has 0 N–H and O–H groups in total. The highest BCUT2D eigenvalue weighted by atomic mass is 79.9. The van der Waals surface area contributed by atoms with Crippen LogP contribution in [-0.4, -0.2) is 37.0 Å². The molecule has 3 aromatic carbocycles. The average molecular weight is 603 g/mol. The molecular weight excluding hydrogens is 570 g/mol. The number of aromatic nitrogens is 1. The van der Waals surface area contributed by atoms with Gasteiger partial charge >= 0.3 is 0 Å². The first-order chi connectivity index (χ1) is 17.5. The Labute approximate surface area is 233 Å². The normalized spacial score (nSPS) is 11.9. The molecular formula is C28H32BrN3O3S2. The van der Waals surface area contributed by atoms with Crippen molar-refractivity contribution in [2.75, 3.05) is 19.7 Å². The Hall–Kier alpha value is -2.72. The fraction of sp³-hybridized carbons (Fsp3) is 0.250. The Morgan fingerprint density at radius 1 is 0.892 bits per heavy atom. The van der Waals surface area contributed by atoms with E-state index in [1.165, 1.54) is 4.31 Å². The van der Waals surface area contributed by atoms with Gasteiger partial charge in [-0.25, -0.2) is 13.4 Å². The SMILES string of the molecule is Br.CCOc1ccc(N=c2scc(-c3ccc(S(=O)(=O)N(CC)CC)cc3)n2Cc2ccccc2)cc1. The summed E-state index contributed by atoms with van der Waals surface area (Å²) < 4.78 is 35.0. The second-order valence-electron chi connectivity index (χ2n) is 8.13. The van der Waals surface area contributed by atoms with Gasteiger partial charge in [-0.3, -0.25) is 0 Å². The van der Waals surface area contributed by atoms with Crippen LogP contribution in [0.2, 0.25) is 0 Å². The molecule has 0 spiro atoms. The molecule has 0 aliphatic rings. The molecule has 0 aliphatic carbocycles. The minimum absolute atomic E-state index is 0. The van der Waals surface area contributed by atoms with Gasteiger partial charge in [-0.2, -0.15) is 4.31 Å². The number of hydrogen-bond donors (Lipinski definition) is 0. The van der Waals surface area contributed by atoms with E-state index in [0.29, 0.717) is 31.1 Å². The number of thiazole rings is 1. The topological polar surface area (TPSA) is 63.9 Å². The third-order valence-electron chi connectivity index (χ3n) is 5.85. The first kappa shape index (κ1) is 28.8. The molecule has 0 saturated heterocycles. The van der Waals surface area contributed by atoms with Gasteiger partial charge in [0.1, 0.15) is 5.75 Å². The molecule has 0 fully saturated rings. The molecule has 0 atom stereocenters. The van der Waals surface area contributed by atoms with Crippen molar-refractivity contribution in [3.63, 3.8) is 0 Å². The van der Waals surface area contributed by atoms with Gasteiger partial charge in [0, 0.05) is 18.5 Å². The Bertz CT molecular complexity index is 1440. The number of hydrogen-bond acceptors (Lipinski definition) is 5. The standard InChI is InChI=1S/C28H31N3O3S2.BrH/c1-4-30(5-2)36(32,33)26-18-12-23(13-19-26)27-21-35-28(31(27)20-22-10-8-7-9-11-22)29-24-14-16-25(17-15-24)34-6-3;/h7-19,21H,4-6,20H2,1-3H3;1H. The quantitative estimate of drug-likeness (QED) is 0.208.